The van der Waals surface area contributed by atoms with E-state index in [1.807, 2.05) is 0 Å². The van der Waals surface area contributed by atoms with Gasteiger partial charge < -0.3 is 10.5 Å². The number of ether oxygens (including phenoxy) is 1. The van der Waals surface area contributed by atoms with Gasteiger partial charge >= 0.3 is 6.36 Å². The Morgan fingerprint density at radius 1 is 1.15 bits per heavy atom. The number of pyridine rings is 1. The van der Waals surface area contributed by atoms with Crippen LogP contribution in [0.3, 0.4) is 0 Å². The second-order valence-corrected chi connectivity index (χ2v) is 3.87. The van der Waals surface area contributed by atoms with Crippen molar-refractivity contribution in [3.8, 4) is 5.75 Å². The molecule has 0 saturated heterocycles. The van der Waals surface area contributed by atoms with E-state index in [0.717, 1.165) is 6.07 Å². The largest absolute Gasteiger partial charge is 0.573 e. The number of rotatable bonds is 3. The molecule has 0 unspecified atom stereocenters. The molecule has 0 spiro atoms. The van der Waals surface area contributed by atoms with E-state index in [-0.39, 0.29) is 16.8 Å². The van der Waals surface area contributed by atoms with Gasteiger partial charge in [0.2, 0.25) is 0 Å². The summed E-state index contributed by atoms with van der Waals surface area (Å²) in [6.07, 6.45) is -2.16. The Bertz CT molecular complexity index is 627. The van der Waals surface area contributed by atoms with Gasteiger partial charge in [-0.1, -0.05) is 0 Å². The van der Waals surface area contributed by atoms with Gasteiger partial charge in [-0.05, 0) is 24.3 Å². The average Bonchev–Trinajstić information content (AvgIpc) is 2.37. The van der Waals surface area contributed by atoms with Gasteiger partial charge in [0.1, 0.15) is 5.75 Å². The molecule has 0 aliphatic rings. The van der Waals surface area contributed by atoms with E-state index in [0.29, 0.717) is 0 Å². The number of hydrogen-bond acceptors (Lipinski definition) is 4. The van der Waals surface area contributed by atoms with Crippen molar-refractivity contribution in [3.05, 3.63) is 53.9 Å². The number of halogens is 3. The Kier molecular flexibility index (Phi) is 3.60. The van der Waals surface area contributed by atoms with Crippen LogP contribution in [0.2, 0.25) is 0 Å². The molecule has 2 N–H and O–H groups in total. The van der Waals surface area contributed by atoms with E-state index in [2.05, 4.69) is 9.72 Å². The Morgan fingerprint density at radius 3 is 2.40 bits per heavy atom. The predicted octanol–water partition coefficient (Wildman–Crippen LogP) is 2.79. The Balaban J connectivity index is 2.43. The molecule has 7 heteroatoms. The number of benzene rings is 1. The highest BCUT2D eigenvalue weighted by Gasteiger charge is 2.33. The fraction of sp³-hybridized carbons (Fsp3) is 0.0769. The summed E-state index contributed by atoms with van der Waals surface area (Å²) in [4.78, 5) is 15.9. The van der Waals surface area contributed by atoms with Gasteiger partial charge in [-0.2, -0.15) is 0 Å². The molecule has 0 amide bonds. The van der Waals surface area contributed by atoms with Crippen molar-refractivity contribution in [2.75, 3.05) is 5.73 Å². The number of aromatic nitrogens is 1. The molecule has 1 aromatic carbocycles. The first-order chi connectivity index (χ1) is 9.37. The van der Waals surface area contributed by atoms with Crippen LogP contribution in [-0.4, -0.2) is 17.1 Å². The van der Waals surface area contributed by atoms with Gasteiger partial charge in [-0.25, -0.2) is 0 Å². The molecule has 104 valence electrons. The minimum Gasteiger partial charge on any atom is -0.405 e. The van der Waals surface area contributed by atoms with E-state index < -0.39 is 17.9 Å². The van der Waals surface area contributed by atoms with Crippen LogP contribution >= 0.6 is 0 Å². The standard InChI is InChI=1S/C13H9F3N2O2/c14-13(15,16)20-11-7-9(17)1-2-10(11)12(19)8-3-5-18-6-4-8/h1-7H,17H2. The molecule has 0 atom stereocenters. The zero-order valence-electron chi connectivity index (χ0n) is 10.0. The van der Waals surface area contributed by atoms with Crippen molar-refractivity contribution >= 4 is 11.5 Å². The van der Waals surface area contributed by atoms with Crippen molar-refractivity contribution in [1.29, 1.82) is 0 Å². The lowest BCUT2D eigenvalue weighted by Gasteiger charge is -2.13. The molecule has 0 bridgehead atoms. The molecule has 2 rings (SSSR count). The van der Waals surface area contributed by atoms with Crippen LogP contribution < -0.4 is 10.5 Å². The molecule has 0 saturated carbocycles. The summed E-state index contributed by atoms with van der Waals surface area (Å²) in [7, 11) is 0. The topological polar surface area (TPSA) is 65.2 Å². The summed E-state index contributed by atoms with van der Waals surface area (Å²) < 4.78 is 40.8. The van der Waals surface area contributed by atoms with Crippen LogP contribution in [0, 0.1) is 0 Å². The minimum atomic E-state index is -4.90. The van der Waals surface area contributed by atoms with E-state index in [4.69, 9.17) is 5.73 Å². The number of carbonyl (C=O) groups is 1. The van der Waals surface area contributed by atoms with Gasteiger partial charge in [0, 0.05) is 29.7 Å². The van der Waals surface area contributed by atoms with Gasteiger partial charge in [-0.15, -0.1) is 13.2 Å². The average molecular weight is 282 g/mol. The van der Waals surface area contributed by atoms with E-state index in [1.54, 1.807) is 0 Å². The lowest BCUT2D eigenvalue weighted by atomic mass is 10.0. The molecule has 0 radical (unpaired) electrons. The number of nitrogens with two attached hydrogens (primary N) is 1. The van der Waals surface area contributed by atoms with Gasteiger partial charge in [-0.3, -0.25) is 9.78 Å². The molecule has 20 heavy (non-hydrogen) atoms. The SMILES string of the molecule is Nc1ccc(C(=O)c2ccncc2)c(OC(F)(F)F)c1. The summed E-state index contributed by atoms with van der Waals surface area (Å²) in [5, 5.41) is 0. The normalized spacial score (nSPS) is 11.2. The summed E-state index contributed by atoms with van der Waals surface area (Å²) in [5.74, 6) is -1.23. The van der Waals surface area contributed by atoms with Crippen molar-refractivity contribution in [2.24, 2.45) is 0 Å². The zero-order chi connectivity index (χ0) is 14.8. The molecule has 1 aromatic heterocycles. The highest BCUT2D eigenvalue weighted by atomic mass is 19.4. The smallest absolute Gasteiger partial charge is 0.405 e. The molecular formula is C13H9F3N2O2. The van der Waals surface area contributed by atoms with Crippen molar-refractivity contribution in [2.45, 2.75) is 6.36 Å². The monoisotopic (exact) mass is 282 g/mol. The minimum absolute atomic E-state index is 0.0653. The third-order valence-corrected chi connectivity index (χ3v) is 2.42. The Hall–Kier alpha value is -2.57. The fourth-order valence-corrected chi connectivity index (χ4v) is 1.59. The first-order valence-electron chi connectivity index (χ1n) is 5.47. The highest BCUT2D eigenvalue weighted by Crippen LogP contribution is 2.29. The van der Waals surface area contributed by atoms with Crippen LogP contribution in [0.25, 0.3) is 0 Å². The molecule has 4 nitrogen and oxygen atoms in total. The predicted molar refractivity (Wildman–Crippen MR) is 65.2 cm³/mol. The van der Waals surface area contributed by atoms with E-state index in [1.165, 1.54) is 36.7 Å². The molecule has 0 aliphatic carbocycles. The fourth-order valence-electron chi connectivity index (χ4n) is 1.59. The first kappa shape index (κ1) is 13.9. The maximum Gasteiger partial charge on any atom is 0.573 e. The maximum atomic E-state index is 12.3. The van der Waals surface area contributed by atoms with E-state index in [9.17, 15) is 18.0 Å². The van der Waals surface area contributed by atoms with Crippen molar-refractivity contribution < 1.29 is 22.7 Å². The van der Waals surface area contributed by atoms with Crippen LogP contribution in [0.15, 0.2) is 42.7 Å². The second-order valence-electron chi connectivity index (χ2n) is 3.87. The maximum absolute atomic E-state index is 12.3. The van der Waals surface area contributed by atoms with Crippen LogP contribution in [0.1, 0.15) is 15.9 Å². The molecule has 0 aliphatic heterocycles. The third-order valence-electron chi connectivity index (χ3n) is 2.42. The number of anilines is 1. The highest BCUT2D eigenvalue weighted by molar-refractivity contribution is 6.10. The van der Waals surface area contributed by atoms with Gasteiger partial charge in [0.25, 0.3) is 0 Å². The number of nitrogens with zero attached hydrogens (tertiary/aromatic N) is 1. The first-order valence-corrected chi connectivity index (χ1v) is 5.47. The summed E-state index contributed by atoms with van der Waals surface area (Å²) in [6.45, 7) is 0. The summed E-state index contributed by atoms with van der Waals surface area (Å²) in [5.41, 5.74) is 5.47. The number of carbonyl (C=O) groups excluding carboxylic acids is 1. The van der Waals surface area contributed by atoms with E-state index >= 15 is 0 Å². The van der Waals surface area contributed by atoms with Gasteiger partial charge in [0.05, 0.1) is 5.56 Å². The van der Waals surface area contributed by atoms with Crippen LogP contribution in [0.4, 0.5) is 18.9 Å². The number of ketones is 1. The number of alkyl halides is 3. The Labute approximate surface area is 112 Å². The zero-order valence-corrected chi connectivity index (χ0v) is 10.0. The van der Waals surface area contributed by atoms with Crippen LogP contribution in [0.5, 0.6) is 5.75 Å². The summed E-state index contributed by atoms with van der Waals surface area (Å²) >= 11 is 0. The molecular weight excluding hydrogens is 273 g/mol. The third kappa shape index (κ3) is 3.25. The second kappa shape index (κ2) is 5.20. The van der Waals surface area contributed by atoms with Gasteiger partial charge in [0.15, 0.2) is 5.78 Å². The van der Waals surface area contributed by atoms with Crippen LogP contribution in [-0.2, 0) is 0 Å². The molecule has 0 fully saturated rings. The Morgan fingerprint density at radius 2 is 1.80 bits per heavy atom. The number of nitrogen functional groups attached to an aromatic ring is 1. The summed E-state index contributed by atoms with van der Waals surface area (Å²) in [6, 6.07) is 6.28. The van der Waals surface area contributed by atoms with Crippen molar-refractivity contribution in [1.82, 2.24) is 4.98 Å². The molecule has 1 heterocycles. The van der Waals surface area contributed by atoms with Crippen molar-refractivity contribution in [3.63, 3.8) is 0 Å². The quantitative estimate of drug-likeness (QED) is 0.694. The molecule has 2 aromatic rings. The number of hydrogen-bond donors (Lipinski definition) is 1. The lowest BCUT2D eigenvalue weighted by Crippen LogP contribution is -2.19. The lowest BCUT2D eigenvalue weighted by molar-refractivity contribution is -0.274.